The fraction of sp³-hybridized carbons (Fsp3) is 0.105. The molecule has 0 bridgehead atoms. The molecule has 0 aromatic heterocycles. The third-order valence-corrected chi connectivity index (χ3v) is 3.71. The van der Waals surface area contributed by atoms with Crippen LogP contribution in [0, 0.1) is 11.8 Å². The van der Waals surface area contributed by atoms with Gasteiger partial charge >= 0.3 is 0 Å². The highest BCUT2D eigenvalue weighted by molar-refractivity contribution is 8.02. The molecule has 21 heavy (non-hydrogen) atoms. The van der Waals surface area contributed by atoms with Gasteiger partial charge in [-0.15, -0.1) is 11.8 Å². The van der Waals surface area contributed by atoms with Crippen molar-refractivity contribution >= 4 is 18.0 Å². The van der Waals surface area contributed by atoms with Crippen LogP contribution in [0.4, 0.5) is 0 Å². The van der Waals surface area contributed by atoms with E-state index < -0.39 is 0 Å². The molecule has 0 saturated carbocycles. The minimum Gasteiger partial charge on any atom is -0.279 e. The van der Waals surface area contributed by atoms with Crippen LogP contribution in [-0.4, -0.2) is 12.8 Å². The predicted octanol–water partition coefficient (Wildman–Crippen LogP) is 4.56. The van der Waals surface area contributed by atoms with Crippen molar-refractivity contribution in [1.29, 1.82) is 0 Å². The Labute approximate surface area is 130 Å². The fourth-order valence-corrected chi connectivity index (χ4v) is 2.36. The van der Waals surface area contributed by atoms with Crippen molar-refractivity contribution in [2.24, 2.45) is 4.99 Å². The largest absolute Gasteiger partial charge is 0.279 e. The standard InChI is InChI=1S/C19H17NS/c1-17(21-16-19-11-6-3-7-12-19)15-20-14-8-13-18-9-4-2-5-10-18/h2-7,9-12,14H,1,15-16H2. The summed E-state index contributed by atoms with van der Waals surface area (Å²) < 4.78 is 0. The predicted molar refractivity (Wildman–Crippen MR) is 93.6 cm³/mol. The molecular weight excluding hydrogens is 274 g/mol. The molecule has 0 fully saturated rings. The summed E-state index contributed by atoms with van der Waals surface area (Å²) in [6, 6.07) is 20.3. The molecular formula is C19H17NS. The number of thioether (sulfide) groups is 1. The Kier molecular flexibility index (Phi) is 6.38. The Balaban J connectivity index is 1.72. The van der Waals surface area contributed by atoms with Crippen LogP contribution >= 0.6 is 11.8 Å². The number of rotatable bonds is 5. The van der Waals surface area contributed by atoms with Crippen molar-refractivity contribution in [2.45, 2.75) is 5.75 Å². The maximum atomic E-state index is 4.28. The van der Waals surface area contributed by atoms with E-state index >= 15 is 0 Å². The van der Waals surface area contributed by atoms with Gasteiger partial charge in [0.1, 0.15) is 0 Å². The molecule has 1 nitrogen and oxygen atoms in total. The molecule has 0 atom stereocenters. The second-order valence-corrected chi connectivity index (χ2v) is 5.57. The smallest absolute Gasteiger partial charge is 0.0719 e. The second kappa shape index (κ2) is 8.84. The zero-order chi connectivity index (χ0) is 14.8. The summed E-state index contributed by atoms with van der Waals surface area (Å²) in [6.07, 6.45) is 1.65. The summed E-state index contributed by atoms with van der Waals surface area (Å²) in [4.78, 5) is 5.33. The molecule has 0 N–H and O–H groups in total. The quantitative estimate of drug-likeness (QED) is 0.581. The van der Waals surface area contributed by atoms with Gasteiger partial charge in [0, 0.05) is 11.3 Å². The lowest BCUT2D eigenvalue weighted by molar-refractivity contribution is 1.24. The van der Waals surface area contributed by atoms with Crippen LogP contribution in [0.1, 0.15) is 11.1 Å². The van der Waals surface area contributed by atoms with E-state index in [1.165, 1.54) is 5.56 Å². The zero-order valence-corrected chi connectivity index (χ0v) is 12.6. The first-order valence-corrected chi connectivity index (χ1v) is 7.72. The van der Waals surface area contributed by atoms with Crippen LogP contribution in [0.15, 0.2) is 77.1 Å². The Hall–Kier alpha value is -2.24. The van der Waals surface area contributed by atoms with Crippen LogP contribution in [0.5, 0.6) is 0 Å². The van der Waals surface area contributed by atoms with E-state index in [2.05, 4.69) is 47.7 Å². The Morgan fingerprint density at radius 3 is 2.43 bits per heavy atom. The van der Waals surface area contributed by atoms with Crippen LogP contribution in [-0.2, 0) is 5.75 Å². The number of hydrogen-bond donors (Lipinski definition) is 0. The summed E-state index contributed by atoms with van der Waals surface area (Å²) in [7, 11) is 0. The first kappa shape index (κ1) is 15.2. The Morgan fingerprint density at radius 1 is 1.05 bits per heavy atom. The molecule has 0 aliphatic heterocycles. The van der Waals surface area contributed by atoms with Crippen molar-refractivity contribution in [3.8, 4) is 11.8 Å². The van der Waals surface area contributed by atoms with Gasteiger partial charge in [0.2, 0.25) is 0 Å². The van der Waals surface area contributed by atoms with E-state index in [9.17, 15) is 0 Å². The lowest BCUT2D eigenvalue weighted by Gasteiger charge is -2.02. The lowest BCUT2D eigenvalue weighted by Crippen LogP contribution is -1.85. The molecule has 0 aliphatic carbocycles. The SMILES string of the molecule is C=C(CN=CC#Cc1ccccc1)SCc1ccccc1. The fourth-order valence-electron chi connectivity index (χ4n) is 1.64. The molecule has 2 heteroatoms. The highest BCUT2D eigenvalue weighted by Gasteiger charge is 1.95. The minimum absolute atomic E-state index is 0.612. The van der Waals surface area contributed by atoms with Gasteiger partial charge in [-0.1, -0.05) is 61.0 Å². The van der Waals surface area contributed by atoms with E-state index in [1.807, 2.05) is 36.4 Å². The first-order chi connectivity index (χ1) is 10.3. The second-order valence-electron chi connectivity index (χ2n) is 4.42. The number of aliphatic imine (C=N–C) groups is 1. The normalized spacial score (nSPS) is 10.1. The van der Waals surface area contributed by atoms with E-state index in [-0.39, 0.29) is 0 Å². The number of hydrogen-bond acceptors (Lipinski definition) is 2. The average molecular weight is 291 g/mol. The topological polar surface area (TPSA) is 12.4 Å². The van der Waals surface area contributed by atoms with Crippen LogP contribution < -0.4 is 0 Å². The van der Waals surface area contributed by atoms with Gasteiger partial charge in [0.15, 0.2) is 0 Å². The Morgan fingerprint density at radius 2 is 1.71 bits per heavy atom. The van der Waals surface area contributed by atoms with Gasteiger partial charge < -0.3 is 0 Å². The van der Waals surface area contributed by atoms with Crippen molar-refractivity contribution in [1.82, 2.24) is 0 Å². The summed E-state index contributed by atoms with van der Waals surface area (Å²) in [6.45, 7) is 4.64. The zero-order valence-electron chi connectivity index (χ0n) is 11.8. The molecule has 2 aromatic carbocycles. The minimum atomic E-state index is 0.612. The van der Waals surface area contributed by atoms with Gasteiger partial charge in [0.05, 0.1) is 12.8 Å². The molecule has 0 amide bonds. The molecule has 0 unspecified atom stereocenters. The summed E-state index contributed by atoms with van der Waals surface area (Å²) in [5.41, 5.74) is 2.30. The molecule has 104 valence electrons. The van der Waals surface area contributed by atoms with E-state index in [4.69, 9.17) is 0 Å². The van der Waals surface area contributed by atoms with Crippen molar-refractivity contribution in [3.63, 3.8) is 0 Å². The summed E-state index contributed by atoms with van der Waals surface area (Å²) in [5.74, 6) is 6.91. The molecule has 0 radical (unpaired) electrons. The number of nitrogens with zero attached hydrogens (tertiary/aromatic N) is 1. The highest BCUT2D eigenvalue weighted by Crippen LogP contribution is 2.19. The Bertz CT molecular complexity index is 648. The van der Waals surface area contributed by atoms with E-state index in [1.54, 1.807) is 18.0 Å². The van der Waals surface area contributed by atoms with Gasteiger partial charge in [0.25, 0.3) is 0 Å². The van der Waals surface area contributed by atoms with Crippen molar-refractivity contribution in [3.05, 3.63) is 83.3 Å². The lowest BCUT2D eigenvalue weighted by atomic mass is 10.2. The van der Waals surface area contributed by atoms with Gasteiger partial charge in [-0.05, 0) is 28.5 Å². The average Bonchev–Trinajstić information content (AvgIpc) is 2.54. The van der Waals surface area contributed by atoms with Crippen LogP contribution in [0.25, 0.3) is 0 Å². The van der Waals surface area contributed by atoms with E-state index in [0.717, 1.165) is 16.2 Å². The van der Waals surface area contributed by atoms with Gasteiger partial charge in [-0.3, -0.25) is 4.99 Å². The van der Waals surface area contributed by atoms with Crippen molar-refractivity contribution in [2.75, 3.05) is 6.54 Å². The molecule has 2 aromatic rings. The third kappa shape index (κ3) is 6.16. The van der Waals surface area contributed by atoms with Crippen molar-refractivity contribution < 1.29 is 0 Å². The summed E-state index contributed by atoms with van der Waals surface area (Å²) in [5, 5.41) is 0. The maximum absolute atomic E-state index is 4.28. The monoisotopic (exact) mass is 291 g/mol. The van der Waals surface area contributed by atoms with Crippen LogP contribution in [0.3, 0.4) is 0 Å². The third-order valence-electron chi connectivity index (χ3n) is 2.70. The maximum Gasteiger partial charge on any atom is 0.0719 e. The van der Waals surface area contributed by atoms with Gasteiger partial charge in [-0.2, -0.15) is 0 Å². The highest BCUT2D eigenvalue weighted by atomic mass is 32.2. The number of benzene rings is 2. The molecule has 0 spiro atoms. The molecule has 0 heterocycles. The van der Waals surface area contributed by atoms with Crippen LogP contribution in [0.2, 0.25) is 0 Å². The first-order valence-electron chi connectivity index (χ1n) is 6.74. The molecule has 0 saturated heterocycles. The summed E-state index contributed by atoms with van der Waals surface area (Å²) >= 11 is 1.73. The van der Waals surface area contributed by atoms with E-state index in [0.29, 0.717) is 6.54 Å². The molecule has 0 aliphatic rings. The van der Waals surface area contributed by atoms with Gasteiger partial charge in [-0.25, -0.2) is 0 Å². The molecule has 2 rings (SSSR count).